The largest absolute Gasteiger partial charge is 0.573 e. The third-order valence-electron chi connectivity index (χ3n) is 2.98. The number of alkyl halides is 3. The van der Waals surface area contributed by atoms with E-state index in [9.17, 15) is 18.0 Å². The molecular weight excluding hydrogens is 341 g/mol. The Kier molecular flexibility index (Phi) is 4.24. The quantitative estimate of drug-likeness (QED) is 0.909. The van der Waals surface area contributed by atoms with Gasteiger partial charge in [0.1, 0.15) is 5.75 Å². The number of amides is 1. The average molecular weight is 353 g/mol. The van der Waals surface area contributed by atoms with Gasteiger partial charge in [0.25, 0.3) is 0 Å². The van der Waals surface area contributed by atoms with Crippen molar-refractivity contribution in [2.75, 3.05) is 18.0 Å². The Hall–Kier alpha value is -1.28. The van der Waals surface area contributed by atoms with Gasteiger partial charge in [-0.3, -0.25) is 4.79 Å². The second-order valence-electron chi connectivity index (χ2n) is 4.47. The van der Waals surface area contributed by atoms with Crippen LogP contribution in [0.1, 0.15) is 6.42 Å². The van der Waals surface area contributed by atoms with Gasteiger partial charge in [0, 0.05) is 17.4 Å². The minimum Gasteiger partial charge on any atom is -0.406 e. The monoisotopic (exact) mass is 352 g/mol. The van der Waals surface area contributed by atoms with Crippen molar-refractivity contribution in [1.29, 1.82) is 0 Å². The maximum absolute atomic E-state index is 12.1. The first kappa shape index (κ1) is 15.1. The molecule has 1 heterocycles. The van der Waals surface area contributed by atoms with Crippen molar-refractivity contribution in [1.82, 2.24) is 0 Å². The number of carbonyl (C=O) groups excluding carboxylic acids is 1. The Labute approximate surface area is 121 Å². The Balaban J connectivity index is 2.20. The number of hydrogen-bond acceptors (Lipinski definition) is 3. The summed E-state index contributed by atoms with van der Waals surface area (Å²) in [5.41, 5.74) is 6.05. The highest BCUT2D eigenvalue weighted by Gasteiger charge is 2.33. The average Bonchev–Trinajstić information content (AvgIpc) is 2.69. The van der Waals surface area contributed by atoms with Crippen molar-refractivity contribution in [3.63, 3.8) is 0 Å². The van der Waals surface area contributed by atoms with Gasteiger partial charge in [-0.1, -0.05) is 0 Å². The van der Waals surface area contributed by atoms with Crippen LogP contribution in [-0.4, -0.2) is 25.4 Å². The molecule has 1 fully saturated rings. The second kappa shape index (κ2) is 5.61. The molecule has 110 valence electrons. The van der Waals surface area contributed by atoms with Gasteiger partial charge in [-0.25, -0.2) is 0 Å². The molecule has 1 amide bonds. The van der Waals surface area contributed by atoms with E-state index in [0.29, 0.717) is 29.7 Å². The Morgan fingerprint density at radius 2 is 2.15 bits per heavy atom. The van der Waals surface area contributed by atoms with E-state index in [4.69, 9.17) is 5.73 Å². The number of carbonyl (C=O) groups is 1. The molecular formula is C12H12BrF3N2O2. The van der Waals surface area contributed by atoms with Crippen LogP contribution in [0.2, 0.25) is 0 Å². The Morgan fingerprint density at radius 3 is 2.65 bits per heavy atom. The van der Waals surface area contributed by atoms with E-state index < -0.39 is 6.36 Å². The highest BCUT2D eigenvalue weighted by molar-refractivity contribution is 9.10. The first-order valence-corrected chi connectivity index (χ1v) is 6.65. The fourth-order valence-electron chi connectivity index (χ4n) is 2.08. The molecule has 1 atom stereocenters. The lowest BCUT2D eigenvalue weighted by molar-refractivity contribution is -0.274. The zero-order chi connectivity index (χ0) is 14.9. The number of hydrogen-bond donors (Lipinski definition) is 1. The summed E-state index contributed by atoms with van der Waals surface area (Å²) in [4.78, 5) is 13.4. The number of anilines is 1. The van der Waals surface area contributed by atoms with Gasteiger partial charge < -0.3 is 15.4 Å². The summed E-state index contributed by atoms with van der Waals surface area (Å²) in [6.45, 7) is 0.864. The van der Waals surface area contributed by atoms with Crippen molar-refractivity contribution in [3.8, 4) is 5.75 Å². The van der Waals surface area contributed by atoms with Crippen LogP contribution in [0.5, 0.6) is 5.75 Å². The SMILES string of the molecule is NCC1CC(=O)N(c2ccc(OC(F)(F)F)cc2Br)C1. The van der Waals surface area contributed by atoms with Gasteiger partial charge in [0.05, 0.1) is 5.69 Å². The van der Waals surface area contributed by atoms with E-state index in [1.54, 1.807) is 0 Å². The van der Waals surface area contributed by atoms with Crippen LogP contribution < -0.4 is 15.4 Å². The molecule has 1 unspecified atom stereocenters. The highest BCUT2D eigenvalue weighted by atomic mass is 79.9. The summed E-state index contributed by atoms with van der Waals surface area (Å²) in [6.07, 6.45) is -4.39. The number of benzene rings is 1. The van der Waals surface area contributed by atoms with Crippen molar-refractivity contribution in [3.05, 3.63) is 22.7 Å². The number of halogens is 4. The molecule has 20 heavy (non-hydrogen) atoms. The van der Waals surface area contributed by atoms with Crippen molar-refractivity contribution >= 4 is 27.5 Å². The first-order chi connectivity index (χ1) is 9.30. The second-order valence-corrected chi connectivity index (χ2v) is 5.33. The zero-order valence-electron chi connectivity index (χ0n) is 10.3. The van der Waals surface area contributed by atoms with E-state index in [1.807, 2.05) is 0 Å². The van der Waals surface area contributed by atoms with Crippen LogP contribution in [0.3, 0.4) is 0 Å². The number of ether oxygens (including phenoxy) is 1. The Bertz CT molecular complexity index is 522. The van der Waals surface area contributed by atoms with Gasteiger partial charge in [-0.05, 0) is 46.6 Å². The van der Waals surface area contributed by atoms with Crippen LogP contribution in [-0.2, 0) is 4.79 Å². The lowest BCUT2D eigenvalue weighted by atomic mass is 10.1. The number of nitrogens with two attached hydrogens (primary N) is 1. The van der Waals surface area contributed by atoms with Gasteiger partial charge in [-0.2, -0.15) is 0 Å². The molecule has 0 aliphatic carbocycles. The van der Waals surface area contributed by atoms with Crippen LogP contribution >= 0.6 is 15.9 Å². The summed E-state index contributed by atoms with van der Waals surface area (Å²) in [6, 6.07) is 3.78. The minimum absolute atomic E-state index is 0.0699. The van der Waals surface area contributed by atoms with Gasteiger partial charge in [0.2, 0.25) is 5.91 Å². The minimum atomic E-state index is -4.74. The van der Waals surface area contributed by atoms with Crippen LogP contribution in [0.15, 0.2) is 22.7 Å². The third kappa shape index (κ3) is 3.43. The van der Waals surface area contributed by atoms with Crippen molar-refractivity contribution < 1.29 is 22.7 Å². The molecule has 0 radical (unpaired) electrons. The predicted octanol–water partition coefficient (Wildman–Crippen LogP) is 2.66. The summed E-state index contributed by atoms with van der Waals surface area (Å²) in [5.74, 6) is -0.360. The molecule has 0 aromatic heterocycles. The Morgan fingerprint density at radius 1 is 1.45 bits per heavy atom. The highest BCUT2D eigenvalue weighted by Crippen LogP contribution is 2.35. The van der Waals surface area contributed by atoms with Crippen molar-refractivity contribution in [2.45, 2.75) is 12.8 Å². The molecule has 2 rings (SSSR count). The lowest BCUT2D eigenvalue weighted by Gasteiger charge is -2.19. The van der Waals surface area contributed by atoms with E-state index in [1.165, 1.54) is 23.1 Å². The maximum atomic E-state index is 12.1. The molecule has 1 aromatic rings. The summed E-state index contributed by atoms with van der Waals surface area (Å²) in [5, 5.41) is 0. The third-order valence-corrected chi connectivity index (χ3v) is 3.62. The fourth-order valence-corrected chi connectivity index (χ4v) is 2.65. The normalized spacial score (nSPS) is 19.6. The molecule has 0 bridgehead atoms. The van der Waals surface area contributed by atoms with Crippen LogP contribution in [0.25, 0.3) is 0 Å². The molecule has 8 heteroatoms. The zero-order valence-corrected chi connectivity index (χ0v) is 11.9. The number of rotatable bonds is 3. The summed E-state index contributed by atoms with van der Waals surface area (Å²) >= 11 is 3.16. The molecule has 4 nitrogen and oxygen atoms in total. The lowest BCUT2D eigenvalue weighted by Crippen LogP contribution is -2.26. The molecule has 0 spiro atoms. The summed E-state index contributed by atoms with van der Waals surface area (Å²) < 4.78 is 40.5. The molecule has 1 saturated heterocycles. The summed E-state index contributed by atoms with van der Waals surface area (Å²) in [7, 11) is 0. The standard InChI is InChI=1S/C12H12BrF3N2O2/c13-9-4-8(20-12(14,15)16)1-2-10(9)18-6-7(5-17)3-11(18)19/h1-2,4,7H,3,5-6,17H2. The molecule has 1 aromatic carbocycles. The van der Waals surface area contributed by atoms with E-state index in [0.717, 1.165) is 0 Å². The van der Waals surface area contributed by atoms with Gasteiger partial charge in [-0.15, -0.1) is 13.2 Å². The topological polar surface area (TPSA) is 55.6 Å². The smallest absolute Gasteiger partial charge is 0.406 e. The van der Waals surface area contributed by atoms with Crippen LogP contribution in [0.4, 0.5) is 18.9 Å². The predicted molar refractivity (Wildman–Crippen MR) is 70.3 cm³/mol. The van der Waals surface area contributed by atoms with Crippen LogP contribution in [0, 0.1) is 5.92 Å². The van der Waals surface area contributed by atoms with E-state index in [-0.39, 0.29) is 17.6 Å². The maximum Gasteiger partial charge on any atom is 0.573 e. The van der Waals surface area contributed by atoms with Gasteiger partial charge >= 0.3 is 6.36 Å². The molecule has 1 aliphatic heterocycles. The first-order valence-electron chi connectivity index (χ1n) is 5.86. The molecule has 1 aliphatic rings. The molecule has 2 N–H and O–H groups in total. The van der Waals surface area contributed by atoms with E-state index >= 15 is 0 Å². The van der Waals surface area contributed by atoms with E-state index in [2.05, 4.69) is 20.7 Å². The number of nitrogens with zero attached hydrogens (tertiary/aromatic N) is 1. The van der Waals surface area contributed by atoms with Crippen molar-refractivity contribution in [2.24, 2.45) is 11.7 Å². The van der Waals surface area contributed by atoms with Gasteiger partial charge in [0.15, 0.2) is 0 Å². The fraction of sp³-hybridized carbons (Fsp3) is 0.417. The molecule has 0 saturated carbocycles.